The van der Waals surface area contributed by atoms with Crippen LogP contribution in [0.3, 0.4) is 0 Å². The van der Waals surface area contributed by atoms with Crippen LogP contribution < -0.4 is 0 Å². The Kier molecular flexibility index (Phi) is 5.75. The van der Waals surface area contributed by atoms with Crippen molar-refractivity contribution in [2.45, 2.75) is 46.5 Å². The average molecular weight is 291 g/mol. The summed E-state index contributed by atoms with van der Waals surface area (Å²) < 4.78 is 0. The smallest absolute Gasteiger partial charge is 0.0296 e. The molecule has 1 heteroatoms. The Labute approximate surface area is 134 Å². The fourth-order valence-corrected chi connectivity index (χ4v) is 2.84. The molecule has 0 aromatic carbocycles. The van der Waals surface area contributed by atoms with Crippen LogP contribution in [-0.4, -0.2) is 6.21 Å². The molecule has 2 aliphatic rings. The van der Waals surface area contributed by atoms with Crippen LogP contribution in [0.5, 0.6) is 0 Å². The van der Waals surface area contributed by atoms with E-state index in [-0.39, 0.29) is 0 Å². The molecule has 0 N–H and O–H groups in total. The van der Waals surface area contributed by atoms with Crippen LogP contribution in [-0.2, 0) is 0 Å². The summed E-state index contributed by atoms with van der Waals surface area (Å²) in [5.74, 6) is 0. The predicted octanol–water partition coefficient (Wildman–Crippen LogP) is 6.01. The molecule has 0 heterocycles. The predicted molar refractivity (Wildman–Crippen MR) is 97.1 cm³/mol. The maximum Gasteiger partial charge on any atom is 0.0296 e. The van der Waals surface area contributed by atoms with Crippen molar-refractivity contribution >= 4 is 6.21 Å². The van der Waals surface area contributed by atoms with E-state index in [0.717, 1.165) is 24.8 Å². The molecule has 0 spiro atoms. The van der Waals surface area contributed by atoms with Gasteiger partial charge in [-0.3, -0.25) is 4.99 Å². The first-order valence-electron chi connectivity index (χ1n) is 7.95. The summed E-state index contributed by atoms with van der Waals surface area (Å²) in [4.78, 5) is 4.43. The highest BCUT2D eigenvalue weighted by Gasteiger charge is 2.19. The van der Waals surface area contributed by atoms with E-state index in [4.69, 9.17) is 0 Å². The van der Waals surface area contributed by atoms with Gasteiger partial charge in [-0.05, 0) is 74.0 Å². The first-order chi connectivity index (χ1) is 10.6. The zero-order chi connectivity index (χ0) is 15.9. The summed E-state index contributed by atoms with van der Waals surface area (Å²) in [6.07, 6.45) is 16.6. The number of hydrogen-bond donors (Lipinski definition) is 0. The molecule has 0 aromatic heterocycles. The Morgan fingerprint density at radius 2 is 2.14 bits per heavy atom. The van der Waals surface area contributed by atoms with Crippen LogP contribution in [0.15, 0.2) is 81.2 Å². The van der Waals surface area contributed by atoms with Gasteiger partial charge in [-0.25, -0.2) is 0 Å². The van der Waals surface area contributed by atoms with Crippen molar-refractivity contribution in [2.75, 3.05) is 0 Å². The van der Waals surface area contributed by atoms with Gasteiger partial charge in [-0.1, -0.05) is 30.4 Å². The standard InChI is InChI=1S/C21H25N/c1-16(2)13-14-22-15-18(4)20-11-8-12-21(20)19-10-7-5-6-9-17(19)3/h5-7,10,14-15H,1,8,11-13H2,2-4H3/b18-15+,22-14?. The Morgan fingerprint density at radius 3 is 2.91 bits per heavy atom. The Balaban J connectivity index is 2.28. The molecule has 0 aromatic rings. The van der Waals surface area contributed by atoms with Gasteiger partial charge in [-0.15, -0.1) is 5.73 Å². The van der Waals surface area contributed by atoms with Gasteiger partial charge in [0.25, 0.3) is 0 Å². The maximum atomic E-state index is 4.43. The molecule has 22 heavy (non-hydrogen) atoms. The zero-order valence-corrected chi connectivity index (χ0v) is 13.9. The fourth-order valence-electron chi connectivity index (χ4n) is 2.84. The molecule has 2 aliphatic carbocycles. The van der Waals surface area contributed by atoms with Crippen LogP contribution in [0.4, 0.5) is 0 Å². The molecular weight excluding hydrogens is 266 g/mol. The van der Waals surface area contributed by atoms with Crippen molar-refractivity contribution < 1.29 is 0 Å². The SMILES string of the molecule is C=C(C)CC=N/C=C(\C)C1=C(C2=CC=CC=C=C2C)CCC1. The van der Waals surface area contributed by atoms with Crippen LogP contribution in [0, 0.1) is 0 Å². The number of hydrogen-bond acceptors (Lipinski definition) is 1. The maximum absolute atomic E-state index is 4.43. The van der Waals surface area contributed by atoms with Crippen molar-refractivity contribution in [1.82, 2.24) is 0 Å². The normalized spacial score (nSPS) is 18.8. The minimum atomic E-state index is 0.846. The second kappa shape index (κ2) is 7.77. The van der Waals surface area contributed by atoms with Gasteiger partial charge >= 0.3 is 0 Å². The molecule has 0 aliphatic heterocycles. The minimum Gasteiger partial charge on any atom is -0.268 e. The molecule has 114 valence electrons. The Hall–Kier alpha value is -2.11. The lowest BCUT2D eigenvalue weighted by Gasteiger charge is -2.11. The zero-order valence-electron chi connectivity index (χ0n) is 13.9. The van der Waals surface area contributed by atoms with Crippen LogP contribution in [0.25, 0.3) is 0 Å². The number of allylic oxidation sites excluding steroid dienone is 9. The van der Waals surface area contributed by atoms with Crippen molar-refractivity contribution in [1.29, 1.82) is 0 Å². The molecule has 0 fully saturated rings. The molecule has 0 amide bonds. The fraction of sp³-hybridized carbons (Fsp3) is 0.333. The van der Waals surface area contributed by atoms with Crippen LogP contribution >= 0.6 is 0 Å². The molecule has 0 radical (unpaired) electrons. The molecule has 0 saturated heterocycles. The van der Waals surface area contributed by atoms with Crippen molar-refractivity contribution in [3.8, 4) is 0 Å². The van der Waals surface area contributed by atoms with E-state index in [1.807, 2.05) is 31.5 Å². The highest BCUT2D eigenvalue weighted by Crippen LogP contribution is 2.38. The van der Waals surface area contributed by atoms with Gasteiger partial charge in [-0.2, -0.15) is 0 Å². The van der Waals surface area contributed by atoms with E-state index in [2.05, 4.69) is 43.3 Å². The second-order valence-electron chi connectivity index (χ2n) is 6.02. The molecule has 0 saturated carbocycles. The first-order valence-corrected chi connectivity index (χ1v) is 7.95. The van der Waals surface area contributed by atoms with Crippen molar-refractivity contribution in [3.05, 3.63) is 76.3 Å². The summed E-state index contributed by atoms with van der Waals surface area (Å²) in [5.41, 5.74) is 11.2. The van der Waals surface area contributed by atoms with Crippen LogP contribution in [0.1, 0.15) is 46.5 Å². The highest BCUT2D eigenvalue weighted by molar-refractivity contribution is 5.62. The topological polar surface area (TPSA) is 12.4 Å². The van der Waals surface area contributed by atoms with E-state index in [1.165, 1.54) is 34.3 Å². The summed E-state index contributed by atoms with van der Waals surface area (Å²) in [5, 5.41) is 0. The number of nitrogens with zero attached hydrogens (tertiary/aromatic N) is 1. The lowest BCUT2D eigenvalue weighted by Crippen LogP contribution is -1.93. The Morgan fingerprint density at radius 1 is 1.32 bits per heavy atom. The van der Waals surface area contributed by atoms with Crippen LogP contribution in [0.2, 0.25) is 0 Å². The number of rotatable bonds is 5. The summed E-state index contributed by atoms with van der Waals surface area (Å²) in [6, 6.07) is 0. The van der Waals surface area contributed by atoms with E-state index >= 15 is 0 Å². The largest absolute Gasteiger partial charge is 0.268 e. The summed E-state index contributed by atoms with van der Waals surface area (Å²) >= 11 is 0. The second-order valence-corrected chi connectivity index (χ2v) is 6.02. The third-order valence-corrected chi connectivity index (χ3v) is 4.01. The minimum absolute atomic E-state index is 0.846. The number of aliphatic imine (C=N–C) groups is 1. The molecule has 0 bridgehead atoms. The van der Waals surface area contributed by atoms with E-state index in [0.29, 0.717) is 0 Å². The van der Waals surface area contributed by atoms with Gasteiger partial charge in [0, 0.05) is 18.8 Å². The molecule has 0 unspecified atom stereocenters. The molecular formula is C21H25N. The van der Waals surface area contributed by atoms with Gasteiger partial charge < -0.3 is 0 Å². The van der Waals surface area contributed by atoms with E-state index in [1.54, 1.807) is 0 Å². The summed E-state index contributed by atoms with van der Waals surface area (Å²) in [6.45, 7) is 10.2. The monoisotopic (exact) mass is 291 g/mol. The third-order valence-electron chi connectivity index (χ3n) is 4.01. The lowest BCUT2D eigenvalue weighted by molar-refractivity contribution is 0.897. The van der Waals surface area contributed by atoms with Gasteiger partial charge in [0.1, 0.15) is 0 Å². The van der Waals surface area contributed by atoms with Crippen molar-refractivity contribution in [2.24, 2.45) is 4.99 Å². The van der Waals surface area contributed by atoms with Gasteiger partial charge in [0.2, 0.25) is 0 Å². The molecule has 1 nitrogen and oxygen atoms in total. The first kappa shape index (κ1) is 16.3. The quantitative estimate of drug-likeness (QED) is 0.334. The third kappa shape index (κ3) is 4.19. The van der Waals surface area contributed by atoms with Gasteiger partial charge in [0.05, 0.1) is 0 Å². The molecule has 0 atom stereocenters. The van der Waals surface area contributed by atoms with Crippen molar-refractivity contribution in [3.63, 3.8) is 0 Å². The highest BCUT2D eigenvalue weighted by atomic mass is 14.7. The average Bonchev–Trinajstić information content (AvgIpc) is 2.86. The van der Waals surface area contributed by atoms with E-state index < -0.39 is 0 Å². The Bertz CT molecular complexity index is 669. The molecule has 2 rings (SSSR count). The van der Waals surface area contributed by atoms with E-state index in [9.17, 15) is 0 Å². The van der Waals surface area contributed by atoms with Gasteiger partial charge in [0.15, 0.2) is 0 Å². The summed E-state index contributed by atoms with van der Waals surface area (Å²) in [7, 11) is 0. The lowest BCUT2D eigenvalue weighted by atomic mass is 9.93.